The van der Waals surface area contributed by atoms with Gasteiger partial charge in [-0.25, -0.2) is 0 Å². The summed E-state index contributed by atoms with van der Waals surface area (Å²) in [6.45, 7) is 5.42. The molecule has 0 unspecified atom stereocenters. The Hall–Kier alpha value is -1.37. The molecule has 0 N–H and O–H groups in total. The van der Waals surface area contributed by atoms with Gasteiger partial charge < -0.3 is 0 Å². The van der Waals surface area contributed by atoms with Gasteiger partial charge in [-0.15, -0.1) is 0 Å². The molecule has 1 nitrogen and oxygen atoms in total. The summed E-state index contributed by atoms with van der Waals surface area (Å²) in [5, 5.41) is 0. The lowest BCUT2D eigenvalue weighted by atomic mass is 10.0. The summed E-state index contributed by atoms with van der Waals surface area (Å²) >= 11 is 0. The molecule has 0 spiro atoms. The molecule has 1 aromatic rings. The molecule has 0 heterocycles. The lowest BCUT2D eigenvalue weighted by molar-refractivity contribution is -0.116. The Morgan fingerprint density at radius 3 is 2.42 bits per heavy atom. The fraction of sp³-hybridized carbons (Fsp3) is 0.182. The average Bonchev–Trinajstić information content (AvgIpc) is 2.05. The van der Waals surface area contributed by atoms with Crippen LogP contribution < -0.4 is 0 Å². The lowest BCUT2D eigenvalue weighted by Crippen LogP contribution is -1.91. The van der Waals surface area contributed by atoms with E-state index in [0.717, 1.165) is 11.1 Å². The summed E-state index contributed by atoms with van der Waals surface area (Å²) < 4.78 is 0. The van der Waals surface area contributed by atoms with Crippen molar-refractivity contribution in [1.29, 1.82) is 0 Å². The van der Waals surface area contributed by atoms with Crippen LogP contribution in [-0.4, -0.2) is 5.78 Å². The molecule has 0 bridgehead atoms. The molecule has 1 aromatic carbocycles. The molecule has 62 valence electrons. The number of hydrogen-bond donors (Lipinski definition) is 0. The van der Waals surface area contributed by atoms with E-state index in [9.17, 15) is 4.79 Å². The Morgan fingerprint density at radius 1 is 1.33 bits per heavy atom. The SMILES string of the molecule is C=C(CC(C)=O)c1ccccc1. The van der Waals surface area contributed by atoms with Gasteiger partial charge in [-0.05, 0) is 18.1 Å². The second kappa shape index (κ2) is 3.86. The molecular formula is C11H12O. The van der Waals surface area contributed by atoms with E-state index in [1.807, 2.05) is 30.3 Å². The van der Waals surface area contributed by atoms with Crippen molar-refractivity contribution in [1.82, 2.24) is 0 Å². The Labute approximate surface area is 72.7 Å². The Morgan fingerprint density at radius 2 is 1.92 bits per heavy atom. The van der Waals surface area contributed by atoms with Crippen LogP contribution >= 0.6 is 0 Å². The highest BCUT2D eigenvalue weighted by atomic mass is 16.1. The van der Waals surface area contributed by atoms with Gasteiger partial charge in [0, 0.05) is 6.42 Å². The van der Waals surface area contributed by atoms with Crippen LogP contribution in [0.4, 0.5) is 0 Å². The van der Waals surface area contributed by atoms with Crippen LogP contribution in [0.3, 0.4) is 0 Å². The minimum atomic E-state index is 0.156. The van der Waals surface area contributed by atoms with Gasteiger partial charge in [0.2, 0.25) is 0 Å². The van der Waals surface area contributed by atoms with Gasteiger partial charge in [-0.3, -0.25) is 4.79 Å². The first-order valence-corrected chi connectivity index (χ1v) is 3.93. The van der Waals surface area contributed by atoms with E-state index in [1.54, 1.807) is 6.92 Å². The van der Waals surface area contributed by atoms with E-state index in [1.165, 1.54) is 0 Å². The highest BCUT2D eigenvalue weighted by Gasteiger charge is 2.00. The zero-order valence-electron chi connectivity index (χ0n) is 7.21. The molecule has 0 amide bonds. The molecule has 0 saturated carbocycles. The van der Waals surface area contributed by atoms with Gasteiger partial charge in [0.05, 0.1) is 0 Å². The number of carbonyl (C=O) groups excluding carboxylic acids is 1. The van der Waals surface area contributed by atoms with Crippen molar-refractivity contribution in [2.24, 2.45) is 0 Å². The summed E-state index contributed by atoms with van der Waals surface area (Å²) in [6.07, 6.45) is 0.448. The quantitative estimate of drug-likeness (QED) is 0.664. The number of carbonyl (C=O) groups is 1. The molecule has 0 atom stereocenters. The van der Waals surface area contributed by atoms with Gasteiger partial charge in [0.25, 0.3) is 0 Å². The molecule has 0 aromatic heterocycles. The Bertz CT molecular complexity index is 285. The van der Waals surface area contributed by atoms with Crippen molar-refractivity contribution in [3.8, 4) is 0 Å². The van der Waals surface area contributed by atoms with E-state index in [4.69, 9.17) is 0 Å². The van der Waals surface area contributed by atoms with Crippen molar-refractivity contribution in [3.05, 3.63) is 42.5 Å². The molecule has 0 aliphatic carbocycles. The fourth-order valence-corrected chi connectivity index (χ4v) is 1.08. The van der Waals surface area contributed by atoms with E-state index in [2.05, 4.69) is 6.58 Å². The zero-order chi connectivity index (χ0) is 8.97. The second-order valence-electron chi connectivity index (χ2n) is 2.85. The molecular weight excluding hydrogens is 148 g/mol. The number of rotatable bonds is 3. The summed E-state index contributed by atoms with van der Waals surface area (Å²) in [7, 11) is 0. The van der Waals surface area contributed by atoms with Gasteiger partial charge in [-0.2, -0.15) is 0 Å². The van der Waals surface area contributed by atoms with Crippen LogP contribution in [0.2, 0.25) is 0 Å². The maximum Gasteiger partial charge on any atom is 0.134 e. The Balaban J connectivity index is 2.73. The zero-order valence-corrected chi connectivity index (χ0v) is 7.21. The van der Waals surface area contributed by atoms with Gasteiger partial charge in [-0.1, -0.05) is 36.9 Å². The molecule has 1 heteroatoms. The Kier molecular flexibility index (Phi) is 2.81. The minimum Gasteiger partial charge on any atom is -0.300 e. The topological polar surface area (TPSA) is 17.1 Å². The van der Waals surface area contributed by atoms with Crippen molar-refractivity contribution < 1.29 is 4.79 Å². The van der Waals surface area contributed by atoms with Gasteiger partial charge >= 0.3 is 0 Å². The number of Topliss-reactive ketones (excluding diaryl/α,β-unsaturated/α-hetero) is 1. The molecule has 0 radical (unpaired) electrons. The van der Waals surface area contributed by atoms with Crippen molar-refractivity contribution in [3.63, 3.8) is 0 Å². The van der Waals surface area contributed by atoms with E-state index >= 15 is 0 Å². The first-order chi connectivity index (χ1) is 5.70. The smallest absolute Gasteiger partial charge is 0.134 e. The van der Waals surface area contributed by atoms with Crippen molar-refractivity contribution in [2.75, 3.05) is 0 Å². The summed E-state index contributed by atoms with van der Waals surface area (Å²) in [5.41, 5.74) is 1.94. The predicted molar refractivity (Wildman–Crippen MR) is 50.8 cm³/mol. The standard InChI is InChI=1S/C11H12O/c1-9(8-10(2)12)11-6-4-3-5-7-11/h3-7H,1,8H2,2H3. The number of benzene rings is 1. The van der Waals surface area contributed by atoms with Gasteiger partial charge in [0.15, 0.2) is 0 Å². The second-order valence-corrected chi connectivity index (χ2v) is 2.85. The van der Waals surface area contributed by atoms with Crippen LogP contribution in [0.5, 0.6) is 0 Å². The largest absolute Gasteiger partial charge is 0.300 e. The third-order valence-corrected chi connectivity index (χ3v) is 1.64. The fourth-order valence-electron chi connectivity index (χ4n) is 1.08. The van der Waals surface area contributed by atoms with E-state index in [0.29, 0.717) is 6.42 Å². The van der Waals surface area contributed by atoms with Crippen molar-refractivity contribution >= 4 is 11.4 Å². The summed E-state index contributed by atoms with van der Waals surface area (Å²) in [5.74, 6) is 0.156. The third kappa shape index (κ3) is 2.35. The monoisotopic (exact) mass is 160 g/mol. The van der Waals surface area contributed by atoms with Crippen LogP contribution in [0.15, 0.2) is 36.9 Å². The highest BCUT2D eigenvalue weighted by Crippen LogP contribution is 2.15. The lowest BCUT2D eigenvalue weighted by Gasteiger charge is -2.01. The molecule has 0 saturated heterocycles. The van der Waals surface area contributed by atoms with Crippen molar-refractivity contribution in [2.45, 2.75) is 13.3 Å². The summed E-state index contributed by atoms with van der Waals surface area (Å²) in [4.78, 5) is 10.8. The minimum absolute atomic E-state index is 0.156. The van der Waals surface area contributed by atoms with E-state index < -0.39 is 0 Å². The number of ketones is 1. The molecule has 1 rings (SSSR count). The maximum atomic E-state index is 10.8. The van der Waals surface area contributed by atoms with Gasteiger partial charge in [0.1, 0.15) is 5.78 Å². The third-order valence-electron chi connectivity index (χ3n) is 1.64. The van der Waals surface area contributed by atoms with Crippen LogP contribution in [0.25, 0.3) is 5.57 Å². The first-order valence-electron chi connectivity index (χ1n) is 3.93. The van der Waals surface area contributed by atoms with Crippen LogP contribution in [0, 0.1) is 0 Å². The van der Waals surface area contributed by atoms with Crippen LogP contribution in [0.1, 0.15) is 18.9 Å². The summed E-state index contributed by atoms with van der Waals surface area (Å²) in [6, 6.07) is 9.77. The molecule has 0 fully saturated rings. The number of allylic oxidation sites excluding steroid dienone is 1. The van der Waals surface area contributed by atoms with E-state index in [-0.39, 0.29) is 5.78 Å². The highest BCUT2D eigenvalue weighted by molar-refractivity contribution is 5.87. The normalized spacial score (nSPS) is 9.42. The molecule has 0 aliphatic rings. The first kappa shape index (κ1) is 8.72. The number of hydrogen-bond acceptors (Lipinski definition) is 1. The van der Waals surface area contributed by atoms with Crippen LogP contribution in [-0.2, 0) is 4.79 Å². The molecule has 12 heavy (non-hydrogen) atoms. The molecule has 0 aliphatic heterocycles. The average molecular weight is 160 g/mol. The predicted octanol–water partition coefficient (Wildman–Crippen LogP) is 2.68. The maximum absolute atomic E-state index is 10.8.